The second kappa shape index (κ2) is 6.60. The van der Waals surface area contributed by atoms with Gasteiger partial charge in [0.1, 0.15) is 6.54 Å². The highest BCUT2D eigenvalue weighted by molar-refractivity contribution is 14.1. The van der Waals surface area contributed by atoms with Crippen molar-refractivity contribution in [3.05, 3.63) is 35.4 Å². The third-order valence-corrected chi connectivity index (χ3v) is 4.60. The summed E-state index contributed by atoms with van der Waals surface area (Å²) in [6, 6.07) is 8.87. The van der Waals surface area contributed by atoms with Gasteiger partial charge in [-0.2, -0.15) is 0 Å². The molecule has 0 unspecified atom stereocenters. The van der Waals surface area contributed by atoms with Gasteiger partial charge in [0.25, 0.3) is 0 Å². The van der Waals surface area contributed by atoms with Crippen LogP contribution in [-0.2, 0) is 11.0 Å². The molecule has 1 aromatic carbocycles. The quantitative estimate of drug-likeness (QED) is 0.420. The Labute approximate surface area is 114 Å². The van der Waals surface area contributed by atoms with Gasteiger partial charge in [0.2, 0.25) is 0 Å². The lowest BCUT2D eigenvalue weighted by Crippen LogP contribution is -2.46. The average Bonchev–Trinajstić information content (AvgIpc) is 2.36. The van der Waals surface area contributed by atoms with Crippen molar-refractivity contribution in [3.63, 3.8) is 0 Å². The molecule has 0 aliphatic rings. The molecular weight excluding hydrogens is 309 g/mol. The molecular formula is C14H23IN+. The van der Waals surface area contributed by atoms with Crippen molar-refractivity contribution in [2.24, 2.45) is 0 Å². The van der Waals surface area contributed by atoms with Gasteiger partial charge in [-0.25, -0.2) is 0 Å². The van der Waals surface area contributed by atoms with Gasteiger partial charge in [0.15, 0.2) is 0 Å². The smallest absolute Gasteiger partial charge is 0.105 e. The van der Waals surface area contributed by atoms with Gasteiger partial charge in [-0.15, -0.1) is 0 Å². The maximum atomic E-state index is 2.46. The summed E-state index contributed by atoms with van der Waals surface area (Å²) in [7, 11) is 0. The van der Waals surface area contributed by atoms with Crippen LogP contribution in [0.25, 0.3) is 0 Å². The van der Waals surface area contributed by atoms with Crippen molar-refractivity contribution in [2.45, 2.75) is 31.7 Å². The summed E-state index contributed by atoms with van der Waals surface area (Å²) in [5.74, 6) is 0. The van der Waals surface area contributed by atoms with Crippen molar-refractivity contribution in [2.75, 3.05) is 19.6 Å². The fraction of sp³-hybridized carbons (Fsp3) is 0.571. The summed E-state index contributed by atoms with van der Waals surface area (Å²) < 4.78 is 2.32. The molecule has 1 aromatic rings. The van der Waals surface area contributed by atoms with Gasteiger partial charge in [0, 0.05) is 9.99 Å². The molecule has 0 amide bonds. The first kappa shape index (κ1) is 14.0. The number of rotatable bonds is 6. The molecule has 0 atom stereocenters. The molecule has 90 valence electrons. The van der Waals surface area contributed by atoms with E-state index >= 15 is 0 Å². The van der Waals surface area contributed by atoms with Crippen LogP contribution in [0.3, 0.4) is 0 Å². The van der Waals surface area contributed by atoms with Crippen LogP contribution in [0.15, 0.2) is 24.3 Å². The Kier molecular flexibility index (Phi) is 5.76. The first-order valence-corrected chi connectivity index (χ1v) is 7.71. The van der Waals surface area contributed by atoms with Crippen molar-refractivity contribution in [1.29, 1.82) is 0 Å². The van der Waals surface area contributed by atoms with E-state index in [4.69, 9.17) is 0 Å². The van der Waals surface area contributed by atoms with E-state index in [1.165, 1.54) is 41.8 Å². The van der Waals surface area contributed by atoms with Crippen molar-refractivity contribution < 1.29 is 4.48 Å². The minimum absolute atomic E-state index is 1.12. The third-order valence-electron chi connectivity index (χ3n) is 3.78. The predicted octanol–water partition coefficient (Wildman–Crippen LogP) is 4.00. The Morgan fingerprint density at radius 2 is 1.44 bits per heavy atom. The zero-order valence-electron chi connectivity index (χ0n) is 10.7. The van der Waals surface area contributed by atoms with E-state index in [0.29, 0.717) is 0 Å². The molecule has 0 fully saturated rings. The number of benzene rings is 1. The molecule has 0 N–H and O–H groups in total. The zero-order valence-corrected chi connectivity index (χ0v) is 12.8. The van der Waals surface area contributed by atoms with E-state index in [1.807, 2.05) is 0 Å². The van der Waals surface area contributed by atoms with E-state index in [2.05, 4.69) is 67.6 Å². The molecule has 0 heterocycles. The number of halogens is 1. The largest absolute Gasteiger partial charge is 0.321 e. The number of hydrogen-bond acceptors (Lipinski definition) is 0. The van der Waals surface area contributed by atoms with Crippen LogP contribution >= 0.6 is 22.6 Å². The summed E-state index contributed by atoms with van der Waals surface area (Å²) in [4.78, 5) is 0. The number of alkyl halides is 1. The number of quaternary nitrogens is 1. The minimum Gasteiger partial charge on any atom is -0.321 e. The Morgan fingerprint density at radius 1 is 0.938 bits per heavy atom. The molecule has 2 heteroatoms. The van der Waals surface area contributed by atoms with E-state index in [-0.39, 0.29) is 0 Å². The highest BCUT2D eigenvalue weighted by atomic mass is 127. The lowest BCUT2D eigenvalue weighted by molar-refractivity contribution is -0.936. The molecule has 0 aliphatic carbocycles. The maximum Gasteiger partial charge on any atom is 0.105 e. The second-order valence-electron chi connectivity index (χ2n) is 4.35. The van der Waals surface area contributed by atoms with Gasteiger partial charge in [0.05, 0.1) is 19.6 Å². The lowest BCUT2D eigenvalue weighted by Gasteiger charge is -2.36. The second-order valence-corrected chi connectivity index (χ2v) is 5.11. The monoisotopic (exact) mass is 332 g/mol. The SMILES string of the molecule is CC[N+](CC)(CC)Cc1ccccc1CI. The normalized spacial score (nSPS) is 11.8. The molecule has 0 aromatic heterocycles. The van der Waals surface area contributed by atoms with Gasteiger partial charge in [-0.05, 0) is 26.3 Å². The van der Waals surface area contributed by atoms with Gasteiger partial charge in [-0.1, -0.05) is 46.9 Å². The van der Waals surface area contributed by atoms with Crippen LogP contribution in [0, 0.1) is 0 Å². The van der Waals surface area contributed by atoms with E-state index in [0.717, 1.165) is 4.43 Å². The fourth-order valence-electron chi connectivity index (χ4n) is 2.21. The summed E-state index contributed by atoms with van der Waals surface area (Å²) in [6.07, 6.45) is 0. The fourth-order valence-corrected chi connectivity index (χ4v) is 2.95. The van der Waals surface area contributed by atoms with Gasteiger partial charge < -0.3 is 4.48 Å². The van der Waals surface area contributed by atoms with Crippen LogP contribution in [0.5, 0.6) is 0 Å². The molecule has 0 saturated heterocycles. The Morgan fingerprint density at radius 3 is 1.88 bits per heavy atom. The first-order chi connectivity index (χ1) is 7.71. The topological polar surface area (TPSA) is 0 Å². The molecule has 0 aliphatic heterocycles. The van der Waals surface area contributed by atoms with Crippen molar-refractivity contribution in [3.8, 4) is 0 Å². The van der Waals surface area contributed by atoms with Crippen LogP contribution in [0.2, 0.25) is 0 Å². The maximum absolute atomic E-state index is 2.46. The molecule has 0 saturated carbocycles. The summed E-state index contributed by atoms with van der Waals surface area (Å²) in [6.45, 7) is 11.8. The standard InChI is InChI=1S/C14H23IN/c1-4-16(5-2,6-3)12-14-10-8-7-9-13(14)11-15/h7-10H,4-6,11-12H2,1-3H3/q+1. The average molecular weight is 332 g/mol. The van der Waals surface area contributed by atoms with Crippen molar-refractivity contribution >= 4 is 22.6 Å². The zero-order chi connectivity index (χ0) is 12.0. The molecule has 0 spiro atoms. The van der Waals surface area contributed by atoms with Crippen molar-refractivity contribution in [1.82, 2.24) is 0 Å². The Balaban J connectivity index is 2.93. The highest BCUT2D eigenvalue weighted by Gasteiger charge is 2.22. The molecule has 1 nitrogen and oxygen atoms in total. The summed E-state index contributed by atoms with van der Waals surface area (Å²) >= 11 is 2.46. The molecule has 0 bridgehead atoms. The Bertz CT molecular complexity index is 310. The van der Waals surface area contributed by atoms with Gasteiger partial charge in [-0.3, -0.25) is 0 Å². The summed E-state index contributed by atoms with van der Waals surface area (Å²) in [5.41, 5.74) is 3.03. The first-order valence-electron chi connectivity index (χ1n) is 6.19. The van der Waals surface area contributed by atoms with Crippen LogP contribution < -0.4 is 0 Å². The molecule has 16 heavy (non-hydrogen) atoms. The number of nitrogens with zero attached hydrogens (tertiary/aromatic N) is 1. The van der Waals surface area contributed by atoms with Crippen LogP contribution in [0.1, 0.15) is 31.9 Å². The van der Waals surface area contributed by atoms with Crippen LogP contribution in [0.4, 0.5) is 0 Å². The van der Waals surface area contributed by atoms with E-state index in [9.17, 15) is 0 Å². The molecule has 1 rings (SSSR count). The van der Waals surface area contributed by atoms with E-state index < -0.39 is 0 Å². The van der Waals surface area contributed by atoms with Gasteiger partial charge >= 0.3 is 0 Å². The lowest BCUT2D eigenvalue weighted by atomic mass is 10.1. The Hall–Kier alpha value is -0.0900. The molecule has 0 radical (unpaired) electrons. The van der Waals surface area contributed by atoms with E-state index in [1.54, 1.807) is 0 Å². The minimum atomic E-state index is 1.12. The predicted molar refractivity (Wildman–Crippen MR) is 79.8 cm³/mol. The summed E-state index contributed by atoms with van der Waals surface area (Å²) in [5, 5.41) is 0. The third kappa shape index (κ3) is 3.20. The van der Waals surface area contributed by atoms with Crippen LogP contribution in [-0.4, -0.2) is 24.1 Å². The number of hydrogen-bond donors (Lipinski definition) is 0. The highest BCUT2D eigenvalue weighted by Crippen LogP contribution is 2.19.